The van der Waals surface area contributed by atoms with Gasteiger partial charge in [-0.3, -0.25) is 4.72 Å². The fourth-order valence-corrected chi connectivity index (χ4v) is 3.02. The van der Waals surface area contributed by atoms with Crippen molar-refractivity contribution in [2.75, 3.05) is 10.5 Å². The summed E-state index contributed by atoms with van der Waals surface area (Å²) in [5, 5.41) is 0.132. The fraction of sp³-hybridized carbons (Fsp3) is 0.455. The van der Waals surface area contributed by atoms with Gasteiger partial charge in [-0.1, -0.05) is 25.4 Å². The molecule has 0 saturated heterocycles. The molecule has 0 aliphatic heterocycles. The number of rotatable bonds is 5. The highest BCUT2D eigenvalue weighted by atomic mass is 35.5. The number of benzene rings is 1. The molecule has 0 bridgehead atoms. The van der Waals surface area contributed by atoms with E-state index in [9.17, 15) is 12.8 Å². The minimum Gasteiger partial charge on any atom is -0.282 e. The Hall–Kier alpha value is -0.810. The Kier molecular flexibility index (Phi) is 4.77. The van der Waals surface area contributed by atoms with Crippen LogP contribution in [0.3, 0.4) is 0 Å². The lowest BCUT2D eigenvalue weighted by atomic mass is 10.1. The molecule has 0 fully saturated rings. The molecule has 0 aromatic heterocycles. The van der Waals surface area contributed by atoms with Gasteiger partial charge in [0.2, 0.25) is 10.0 Å². The van der Waals surface area contributed by atoms with E-state index in [4.69, 9.17) is 11.6 Å². The molecular formula is C11H15ClFNO2S. The number of hydrogen-bond donors (Lipinski definition) is 1. The molecule has 0 heterocycles. The second-order valence-corrected chi connectivity index (χ2v) is 5.88. The first-order chi connectivity index (χ1) is 7.91. The summed E-state index contributed by atoms with van der Waals surface area (Å²) in [6.07, 6.45) is 0.919. The normalized spacial score (nSPS) is 11.5. The van der Waals surface area contributed by atoms with Crippen molar-refractivity contribution in [3.05, 3.63) is 28.5 Å². The maximum absolute atomic E-state index is 13.4. The predicted octanol–water partition coefficient (Wildman–Crippen LogP) is 3.19. The predicted molar refractivity (Wildman–Crippen MR) is 68.5 cm³/mol. The van der Waals surface area contributed by atoms with Crippen molar-refractivity contribution in [3.63, 3.8) is 0 Å². The van der Waals surface area contributed by atoms with Crippen molar-refractivity contribution in [1.82, 2.24) is 0 Å². The monoisotopic (exact) mass is 279 g/mol. The molecule has 1 rings (SSSR count). The largest absolute Gasteiger partial charge is 0.282 e. The van der Waals surface area contributed by atoms with Gasteiger partial charge >= 0.3 is 0 Å². The molecule has 1 N–H and O–H groups in total. The van der Waals surface area contributed by atoms with Crippen LogP contribution in [0.4, 0.5) is 10.1 Å². The van der Waals surface area contributed by atoms with E-state index in [1.54, 1.807) is 13.8 Å². The third-order valence-electron chi connectivity index (χ3n) is 2.28. The second-order valence-electron chi connectivity index (χ2n) is 3.66. The third-order valence-corrected chi connectivity index (χ3v) is 4.19. The molecule has 96 valence electrons. The summed E-state index contributed by atoms with van der Waals surface area (Å²) in [6.45, 7) is 3.53. The molecule has 0 spiro atoms. The lowest BCUT2D eigenvalue weighted by molar-refractivity contribution is 0.599. The van der Waals surface area contributed by atoms with Gasteiger partial charge in [0.1, 0.15) is 5.82 Å². The first kappa shape index (κ1) is 14.3. The molecule has 1 aromatic rings. The van der Waals surface area contributed by atoms with Crippen LogP contribution in [0.5, 0.6) is 0 Å². The highest BCUT2D eigenvalue weighted by molar-refractivity contribution is 7.92. The molecule has 0 amide bonds. The van der Waals surface area contributed by atoms with E-state index in [2.05, 4.69) is 4.72 Å². The smallest absolute Gasteiger partial charge is 0.232 e. The van der Waals surface area contributed by atoms with Crippen molar-refractivity contribution in [2.45, 2.75) is 26.7 Å². The highest BCUT2D eigenvalue weighted by Crippen LogP contribution is 2.29. The van der Waals surface area contributed by atoms with E-state index in [0.717, 1.165) is 0 Å². The molecule has 0 saturated carbocycles. The Bertz CT molecular complexity index is 502. The van der Waals surface area contributed by atoms with Gasteiger partial charge in [0.25, 0.3) is 0 Å². The summed E-state index contributed by atoms with van der Waals surface area (Å²) >= 11 is 5.95. The van der Waals surface area contributed by atoms with Crippen molar-refractivity contribution >= 4 is 27.3 Å². The number of anilines is 1. The molecule has 1 aromatic carbocycles. The Morgan fingerprint density at radius 2 is 2.00 bits per heavy atom. The highest BCUT2D eigenvalue weighted by Gasteiger charge is 2.15. The van der Waals surface area contributed by atoms with E-state index in [1.165, 1.54) is 12.1 Å². The van der Waals surface area contributed by atoms with Gasteiger partial charge in [0.15, 0.2) is 0 Å². The third kappa shape index (κ3) is 3.57. The molecule has 6 heteroatoms. The molecule has 17 heavy (non-hydrogen) atoms. The van der Waals surface area contributed by atoms with Crippen LogP contribution in [-0.2, 0) is 16.4 Å². The first-order valence-electron chi connectivity index (χ1n) is 5.38. The maximum Gasteiger partial charge on any atom is 0.232 e. The quantitative estimate of drug-likeness (QED) is 0.900. The van der Waals surface area contributed by atoms with Gasteiger partial charge in [-0.05, 0) is 25.0 Å². The summed E-state index contributed by atoms with van der Waals surface area (Å²) in [6, 6.07) is 2.55. The molecule has 3 nitrogen and oxygen atoms in total. The van der Waals surface area contributed by atoms with Gasteiger partial charge in [0, 0.05) is 5.56 Å². The topological polar surface area (TPSA) is 46.2 Å². The summed E-state index contributed by atoms with van der Waals surface area (Å²) in [7, 11) is -3.40. The van der Waals surface area contributed by atoms with Crippen LogP contribution in [0.25, 0.3) is 0 Å². The van der Waals surface area contributed by atoms with E-state index in [1.807, 2.05) is 0 Å². The Labute approximate surface area is 106 Å². The summed E-state index contributed by atoms with van der Waals surface area (Å²) in [4.78, 5) is 0. The van der Waals surface area contributed by atoms with Gasteiger partial charge in [-0.15, -0.1) is 0 Å². The first-order valence-corrected chi connectivity index (χ1v) is 7.41. The van der Waals surface area contributed by atoms with Crippen LogP contribution in [0, 0.1) is 5.82 Å². The molecule has 0 unspecified atom stereocenters. The lowest BCUT2D eigenvalue weighted by Gasteiger charge is -2.11. The van der Waals surface area contributed by atoms with Crippen LogP contribution in [0.2, 0.25) is 5.02 Å². The van der Waals surface area contributed by atoms with Crippen molar-refractivity contribution in [2.24, 2.45) is 0 Å². The van der Waals surface area contributed by atoms with Crippen molar-refractivity contribution < 1.29 is 12.8 Å². The fourth-order valence-electron chi connectivity index (χ4n) is 1.49. The minimum absolute atomic E-state index is 0.0160. The number of nitrogens with one attached hydrogen (secondary N) is 1. The molecular weight excluding hydrogens is 265 g/mol. The second kappa shape index (κ2) is 5.69. The van der Waals surface area contributed by atoms with E-state index in [0.29, 0.717) is 18.4 Å². The van der Waals surface area contributed by atoms with Crippen LogP contribution >= 0.6 is 11.6 Å². The molecule has 0 radical (unpaired) electrons. The number of sulfonamides is 1. The Morgan fingerprint density at radius 3 is 2.53 bits per heavy atom. The lowest BCUT2D eigenvalue weighted by Crippen LogP contribution is -2.16. The summed E-state index contributed by atoms with van der Waals surface area (Å²) < 4.78 is 38.9. The average Bonchev–Trinajstić information content (AvgIpc) is 2.23. The Morgan fingerprint density at radius 1 is 1.35 bits per heavy atom. The molecule has 0 atom stereocenters. The van der Waals surface area contributed by atoms with E-state index in [-0.39, 0.29) is 16.5 Å². The van der Waals surface area contributed by atoms with Crippen LogP contribution in [0.1, 0.15) is 25.8 Å². The van der Waals surface area contributed by atoms with E-state index >= 15 is 0 Å². The summed E-state index contributed by atoms with van der Waals surface area (Å²) in [5.41, 5.74) is 0.557. The van der Waals surface area contributed by atoms with Crippen LogP contribution in [-0.4, -0.2) is 14.2 Å². The number of halogens is 2. The average molecular weight is 280 g/mol. The molecule has 0 aliphatic rings. The molecule has 0 aliphatic carbocycles. The van der Waals surface area contributed by atoms with Gasteiger partial charge < -0.3 is 0 Å². The van der Waals surface area contributed by atoms with Crippen molar-refractivity contribution in [3.8, 4) is 0 Å². The maximum atomic E-state index is 13.4. The SMILES string of the molecule is CCCS(=O)(=O)Nc1ccc(F)c(CC)c1Cl. The standard InChI is InChI=1S/C11H15ClFNO2S/c1-3-7-17(15,16)14-10-6-5-9(13)8(4-2)11(10)12/h5-6,14H,3-4,7H2,1-2H3. The summed E-state index contributed by atoms with van der Waals surface area (Å²) in [5.74, 6) is -0.404. The van der Waals surface area contributed by atoms with Gasteiger partial charge in [0.05, 0.1) is 16.5 Å². The zero-order valence-corrected chi connectivity index (χ0v) is 11.3. The van der Waals surface area contributed by atoms with Crippen LogP contribution in [0.15, 0.2) is 12.1 Å². The zero-order chi connectivity index (χ0) is 13.1. The van der Waals surface area contributed by atoms with Crippen LogP contribution < -0.4 is 4.72 Å². The van der Waals surface area contributed by atoms with Gasteiger partial charge in [-0.2, -0.15) is 0 Å². The van der Waals surface area contributed by atoms with Crippen molar-refractivity contribution in [1.29, 1.82) is 0 Å². The van der Waals surface area contributed by atoms with Gasteiger partial charge in [-0.25, -0.2) is 12.8 Å². The van der Waals surface area contributed by atoms with E-state index < -0.39 is 15.8 Å². The number of hydrogen-bond acceptors (Lipinski definition) is 2. The minimum atomic E-state index is -3.40. The zero-order valence-electron chi connectivity index (χ0n) is 9.76. The Balaban J connectivity index is 3.09.